The fourth-order valence-corrected chi connectivity index (χ4v) is 3.68. The molecule has 5 nitrogen and oxygen atoms in total. The van der Waals surface area contributed by atoms with E-state index in [9.17, 15) is 19.3 Å². The topological polar surface area (TPSA) is 63.5 Å². The maximum absolute atomic E-state index is 13.3. The molecule has 2 unspecified atom stereocenters. The Labute approximate surface area is 120 Å². The molecule has 1 aromatic rings. The number of nitro benzene ring substituents is 1. The number of nitrogens with zero attached hydrogens (tertiary/aromatic N) is 2. The van der Waals surface area contributed by atoms with Crippen LogP contribution in [0.25, 0.3) is 0 Å². The van der Waals surface area contributed by atoms with Crippen LogP contribution < -0.4 is 0 Å². The van der Waals surface area contributed by atoms with Crippen molar-refractivity contribution in [1.29, 1.82) is 0 Å². The fraction of sp³-hybridized carbons (Fsp3) is 0.462. The normalized spacial score (nSPS) is 22.6. The van der Waals surface area contributed by atoms with E-state index < -0.39 is 16.6 Å². The minimum absolute atomic E-state index is 0.179. The Morgan fingerprint density at radius 2 is 2.00 bits per heavy atom. The average Bonchev–Trinajstić information content (AvgIpc) is 2.36. The first-order valence-electron chi connectivity index (χ1n) is 6.27. The molecule has 1 saturated heterocycles. The van der Waals surface area contributed by atoms with Crippen molar-refractivity contribution in [2.75, 3.05) is 13.1 Å². The molecule has 1 aliphatic rings. The zero-order chi connectivity index (χ0) is 14.9. The van der Waals surface area contributed by atoms with Crippen LogP contribution in [0.5, 0.6) is 0 Å². The molecule has 0 aliphatic carbocycles. The summed E-state index contributed by atoms with van der Waals surface area (Å²) in [6, 6.07) is 2.97. The highest BCUT2D eigenvalue weighted by Crippen LogP contribution is 2.28. The SMILES string of the molecule is CC1CN(C(=O)c2cc(F)ccc2[N+](=O)[O-])CC(C)S1. The molecular weight excluding hydrogens is 283 g/mol. The molecule has 0 spiro atoms. The van der Waals surface area contributed by atoms with Crippen LogP contribution in [0.2, 0.25) is 0 Å². The van der Waals surface area contributed by atoms with Gasteiger partial charge in [-0.2, -0.15) is 11.8 Å². The van der Waals surface area contributed by atoms with E-state index >= 15 is 0 Å². The van der Waals surface area contributed by atoms with Crippen molar-refractivity contribution in [2.45, 2.75) is 24.3 Å². The maximum atomic E-state index is 13.3. The Bertz CT molecular complexity index is 542. The summed E-state index contributed by atoms with van der Waals surface area (Å²) in [7, 11) is 0. The largest absolute Gasteiger partial charge is 0.336 e. The van der Waals surface area contributed by atoms with Crippen LogP contribution in [-0.4, -0.2) is 39.3 Å². The number of hydrogen-bond donors (Lipinski definition) is 0. The molecule has 1 fully saturated rings. The summed E-state index contributed by atoms with van der Waals surface area (Å²) in [5.74, 6) is -1.12. The summed E-state index contributed by atoms with van der Waals surface area (Å²) in [4.78, 5) is 24.3. The average molecular weight is 298 g/mol. The van der Waals surface area contributed by atoms with E-state index in [-0.39, 0.29) is 21.8 Å². The number of nitro groups is 1. The lowest BCUT2D eigenvalue weighted by Gasteiger charge is -2.34. The first-order chi connectivity index (χ1) is 9.38. The molecular formula is C13H15FN2O3S. The second-order valence-corrected chi connectivity index (χ2v) is 6.77. The molecule has 108 valence electrons. The minimum Gasteiger partial charge on any atom is -0.336 e. The highest BCUT2D eigenvalue weighted by molar-refractivity contribution is 8.00. The van der Waals surface area contributed by atoms with E-state index in [2.05, 4.69) is 0 Å². The zero-order valence-electron chi connectivity index (χ0n) is 11.2. The molecule has 1 amide bonds. The quantitative estimate of drug-likeness (QED) is 0.622. The third kappa shape index (κ3) is 3.09. The van der Waals surface area contributed by atoms with Crippen LogP contribution in [0, 0.1) is 15.9 Å². The van der Waals surface area contributed by atoms with Gasteiger partial charge in [0, 0.05) is 29.7 Å². The van der Waals surface area contributed by atoms with E-state index in [0.717, 1.165) is 18.2 Å². The number of carbonyl (C=O) groups is 1. The monoisotopic (exact) mass is 298 g/mol. The Balaban J connectivity index is 2.33. The maximum Gasteiger partial charge on any atom is 0.282 e. The summed E-state index contributed by atoms with van der Waals surface area (Å²) in [6.45, 7) is 5.03. The molecule has 2 rings (SSSR count). The van der Waals surface area contributed by atoms with E-state index in [0.29, 0.717) is 13.1 Å². The van der Waals surface area contributed by atoms with Gasteiger partial charge in [-0.1, -0.05) is 13.8 Å². The molecule has 1 aliphatic heterocycles. The molecule has 0 N–H and O–H groups in total. The summed E-state index contributed by atoms with van der Waals surface area (Å²) in [5.41, 5.74) is -0.531. The van der Waals surface area contributed by atoms with Gasteiger partial charge in [0.2, 0.25) is 0 Å². The molecule has 7 heteroatoms. The predicted molar refractivity (Wildman–Crippen MR) is 75.5 cm³/mol. The highest BCUT2D eigenvalue weighted by Gasteiger charge is 2.30. The molecule has 1 heterocycles. The predicted octanol–water partition coefficient (Wildman–Crippen LogP) is 2.70. The Morgan fingerprint density at radius 3 is 2.55 bits per heavy atom. The number of carbonyl (C=O) groups excluding carboxylic acids is 1. The van der Waals surface area contributed by atoms with E-state index in [1.807, 2.05) is 13.8 Å². The summed E-state index contributed by atoms with van der Waals surface area (Å²) in [6.07, 6.45) is 0. The number of hydrogen-bond acceptors (Lipinski definition) is 4. The Morgan fingerprint density at radius 1 is 1.40 bits per heavy atom. The molecule has 0 radical (unpaired) electrons. The second kappa shape index (κ2) is 5.78. The number of benzene rings is 1. The lowest BCUT2D eigenvalue weighted by Crippen LogP contribution is -2.44. The lowest BCUT2D eigenvalue weighted by atomic mass is 10.1. The first kappa shape index (κ1) is 14.8. The lowest BCUT2D eigenvalue weighted by molar-refractivity contribution is -0.385. The fourth-order valence-electron chi connectivity index (χ4n) is 2.35. The Kier molecular flexibility index (Phi) is 4.27. The van der Waals surface area contributed by atoms with Gasteiger partial charge in [0.05, 0.1) is 4.92 Å². The third-order valence-electron chi connectivity index (χ3n) is 3.09. The van der Waals surface area contributed by atoms with Gasteiger partial charge in [0.1, 0.15) is 11.4 Å². The molecule has 2 atom stereocenters. The van der Waals surface area contributed by atoms with Crippen molar-refractivity contribution in [3.8, 4) is 0 Å². The van der Waals surface area contributed by atoms with Gasteiger partial charge >= 0.3 is 0 Å². The third-order valence-corrected chi connectivity index (χ3v) is 4.32. The van der Waals surface area contributed by atoms with Crippen LogP contribution in [0.4, 0.5) is 10.1 Å². The molecule has 20 heavy (non-hydrogen) atoms. The first-order valence-corrected chi connectivity index (χ1v) is 7.21. The van der Waals surface area contributed by atoms with Crippen LogP contribution in [0.3, 0.4) is 0 Å². The number of halogens is 1. The number of rotatable bonds is 2. The van der Waals surface area contributed by atoms with Gasteiger partial charge < -0.3 is 4.90 Å². The second-order valence-electron chi connectivity index (χ2n) is 4.89. The van der Waals surface area contributed by atoms with Crippen molar-refractivity contribution in [3.63, 3.8) is 0 Å². The van der Waals surface area contributed by atoms with Gasteiger partial charge in [-0.15, -0.1) is 0 Å². The molecule has 1 aromatic carbocycles. The van der Waals surface area contributed by atoms with Gasteiger partial charge in [-0.25, -0.2) is 4.39 Å². The molecule has 0 bridgehead atoms. The van der Waals surface area contributed by atoms with Crippen LogP contribution >= 0.6 is 11.8 Å². The van der Waals surface area contributed by atoms with Crippen molar-refractivity contribution in [1.82, 2.24) is 4.90 Å². The van der Waals surface area contributed by atoms with Crippen LogP contribution in [-0.2, 0) is 0 Å². The zero-order valence-corrected chi connectivity index (χ0v) is 12.0. The van der Waals surface area contributed by atoms with Crippen molar-refractivity contribution in [3.05, 3.63) is 39.7 Å². The van der Waals surface area contributed by atoms with Crippen molar-refractivity contribution in [2.24, 2.45) is 0 Å². The number of amides is 1. The summed E-state index contributed by atoms with van der Waals surface area (Å²) >= 11 is 1.77. The van der Waals surface area contributed by atoms with E-state index in [1.54, 1.807) is 16.7 Å². The summed E-state index contributed by atoms with van der Waals surface area (Å²) < 4.78 is 13.3. The molecule has 0 saturated carbocycles. The van der Waals surface area contributed by atoms with E-state index in [1.165, 1.54) is 0 Å². The van der Waals surface area contributed by atoms with Crippen LogP contribution in [0.15, 0.2) is 18.2 Å². The smallest absolute Gasteiger partial charge is 0.282 e. The van der Waals surface area contributed by atoms with Crippen molar-refractivity contribution < 1.29 is 14.1 Å². The molecule has 0 aromatic heterocycles. The van der Waals surface area contributed by atoms with Gasteiger partial charge in [0.25, 0.3) is 11.6 Å². The summed E-state index contributed by atoms with van der Waals surface area (Å²) in [5, 5.41) is 11.5. The van der Waals surface area contributed by atoms with E-state index in [4.69, 9.17) is 0 Å². The standard InChI is InChI=1S/C13H15FN2O3S/c1-8-6-15(7-9(2)20-8)13(17)11-5-10(14)3-4-12(11)16(18)19/h3-5,8-9H,6-7H2,1-2H3. The van der Waals surface area contributed by atoms with Gasteiger partial charge in [-0.3, -0.25) is 14.9 Å². The number of thioether (sulfide) groups is 1. The van der Waals surface area contributed by atoms with Gasteiger partial charge in [-0.05, 0) is 12.1 Å². The van der Waals surface area contributed by atoms with Gasteiger partial charge in [0.15, 0.2) is 0 Å². The van der Waals surface area contributed by atoms with Crippen LogP contribution in [0.1, 0.15) is 24.2 Å². The van der Waals surface area contributed by atoms with Crippen molar-refractivity contribution >= 4 is 23.4 Å². The highest BCUT2D eigenvalue weighted by atomic mass is 32.2. The minimum atomic E-state index is -0.655. The Hall–Kier alpha value is -1.63.